The van der Waals surface area contributed by atoms with Crippen LogP contribution >= 0.6 is 0 Å². The molecule has 0 aromatic heterocycles. The van der Waals surface area contributed by atoms with Gasteiger partial charge >= 0.3 is 0 Å². The largest absolute Gasteiger partial charge is 0.396 e. The Kier molecular flexibility index (Phi) is 4.90. The molecule has 0 bridgehead atoms. The minimum atomic E-state index is -3.78. The Bertz CT molecular complexity index is 609. The van der Waals surface area contributed by atoms with Gasteiger partial charge in [0.2, 0.25) is 15.9 Å². The van der Waals surface area contributed by atoms with Crippen molar-refractivity contribution in [1.82, 2.24) is 4.72 Å². The Balaban J connectivity index is 3.17. The van der Waals surface area contributed by atoms with Gasteiger partial charge in [-0.2, -0.15) is 0 Å². The van der Waals surface area contributed by atoms with Crippen molar-refractivity contribution in [2.24, 2.45) is 5.73 Å². The number of amides is 1. The maximum atomic E-state index is 12.3. The zero-order valence-electron chi connectivity index (χ0n) is 11.8. The van der Waals surface area contributed by atoms with Gasteiger partial charge in [-0.05, 0) is 44.9 Å². The molecule has 0 radical (unpaired) electrons. The quantitative estimate of drug-likeness (QED) is 0.712. The first-order valence-corrected chi connectivity index (χ1v) is 7.63. The first kappa shape index (κ1) is 16.6. The smallest absolute Gasteiger partial charge is 0.249 e. The van der Waals surface area contributed by atoms with Crippen LogP contribution in [0.2, 0.25) is 0 Å². The van der Waals surface area contributed by atoms with E-state index in [0.29, 0.717) is 5.56 Å². The zero-order valence-corrected chi connectivity index (χ0v) is 12.6. The molecule has 1 amide bonds. The number of aryl methyl sites for hydroxylation is 1. The van der Waals surface area contributed by atoms with Gasteiger partial charge in [0.15, 0.2) is 0 Å². The first-order chi connectivity index (χ1) is 9.09. The fourth-order valence-corrected chi connectivity index (χ4v) is 3.25. The van der Waals surface area contributed by atoms with Crippen molar-refractivity contribution >= 4 is 15.9 Å². The van der Waals surface area contributed by atoms with Gasteiger partial charge in [-0.3, -0.25) is 4.79 Å². The van der Waals surface area contributed by atoms with E-state index in [4.69, 9.17) is 10.8 Å². The molecule has 0 saturated carbocycles. The van der Waals surface area contributed by atoms with Crippen molar-refractivity contribution < 1.29 is 18.3 Å². The Labute approximate surface area is 119 Å². The molecule has 0 spiro atoms. The van der Waals surface area contributed by atoms with E-state index in [-0.39, 0.29) is 23.5 Å². The minimum absolute atomic E-state index is 0.0251. The molecule has 7 heteroatoms. The van der Waals surface area contributed by atoms with Gasteiger partial charge in [-0.25, -0.2) is 13.1 Å². The zero-order chi connectivity index (χ0) is 15.6. The SMILES string of the molecule is Cc1ccc(S(=O)(=O)NC(C)(C)CCO)cc1C(N)=O. The number of sulfonamides is 1. The lowest BCUT2D eigenvalue weighted by Gasteiger charge is -2.25. The number of aliphatic hydroxyl groups is 1. The van der Waals surface area contributed by atoms with E-state index in [2.05, 4.69) is 4.72 Å². The second kappa shape index (κ2) is 5.90. The average molecular weight is 300 g/mol. The molecule has 4 N–H and O–H groups in total. The van der Waals surface area contributed by atoms with Crippen molar-refractivity contribution in [1.29, 1.82) is 0 Å². The molecule has 0 aliphatic heterocycles. The van der Waals surface area contributed by atoms with Gasteiger partial charge in [0.05, 0.1) is 4.90 Å². The fraction of sp³-hybridized carbons (Fsp3) is 0.462. The predicted molar refractivity (Wildman–Crippen MR) is 75.8 cm³/mol. The van der Waals surface area contributed by atoms with Crippen molar-refractivity contribution in [2.45, 2.75) is 37.6 Å². The van der Waals surface area contributed by atoms with Crippen molar-refractivity contribution in [3.05, 3.63) is 29.3 Å². The third-order valence-electron chi connectivity index (χ3n) is 2.93. The average Bonchev–Trinajstić information content (AvgIpc) is 2.26. The summed E-state index contributed by atoms with van der Waals surface area (Å²) in [5, 5.41) is 8.93. The molecule has 0 unspecified atom stereocenters. The summed E-state index contributed by atoms with van der Waals surface area (Å²) in [6.07, 6.45) is 0.279. The lowest BCUT2D eigenvalue weighted by molar-refractivity contribution is 0.0999. The lowest BCUT2D eigenvalue weighted by atomic mass is 10.0. The summed E-state index contributed by atoms with van der Waals surface area (Å²) in [4.78, 5) is 11.2. The number of benzene rings is 1. The number of nitrogens with one attached hydrogen (secondary N) is 1. The molecule has 0 aliphatic rings. The normalized spacial score (nSPS) is 12.4. The Hall–Kier alpha value is -1.44. The van der Waals surface area contributed by atoms with Crippen LogP contribution in [0, 0.1) is 6.92 Å². The Morgan fingerprint density at radius 1 is 1.40 bits per heavy atom. The fourth-order valence-electron chi connectivity index (χ4n) is 1.79. The van der Waals surface area contributed by atoms with Gasteiger partial charge in [-0.15, -0.1) is 0 Å². The molecule has 0 atom stereocenters. The van der Waals surface area contributed by atoms with Gasteiger partial charge in [-0.1, -0.05) is 6.07 Å². The number of carbonyl (C=O) groups excluding carboxylic acids is 1. The molecule has 6 nitrogen and oxygen atoms in total. The Morgan fingerprint density at radius 2 is 2.00 bits per heavy atom. The van der Waals surface area contributed by atoms with Crippen molar-refractivity contribution in [2.75, 3.05) is 6.61 Å². The van der Waals surface area contributed by atoms with Gasteiger partial charge in [0.25, 0.3) is 0 Å². The third kappa shape index (κ3) is 4.03. The Morgan fingerprint density at radius 3 is 2.50 bits per heavy atom. The minimum Gasteiger partial charge on any atom is -0.396 e. The molecule has 0 aliphatic carbocycles. The van der Waals surface area contributed by atoms with E-state index in [0.717, 1.165) is 0 Å². The number of hydrogen-bond acceptors (Lipinski definition) is 4. The molecular weight excluding hydrogens is 280 g/mol. The topological polar surface area (TPSA) is 109 Å². The van der Waals surface area contributed by atoms with E-state index in [1.807, 2.05) is 0 Å². The molecule has 0 saturated heterocycles. The summed E-state index contributed by atoms with van der Waals surface area (Å²) in [6, 6.07) is 4.21. The maximum absolute atomic E-state index is 12.3. The second-order valence-corrected chi connectivity index (χ2v) is 6.99. The summed E-state index contributed by atoms with van der Waals surface area (Å²) in [5.41, 5.74) is 5.22. The van der Waals surface area contributed by atoms with Crippen LogP contribution in [0.3, 0.4) is 0 Å². The number of nitrogens with two attached hydrogens (primary N) is 1. The van der Waals surface area contributed by atoms with E-state index in [1.54, 1.807) is 20.8 Å². The van der Waals surface area contributed by atoms with E-state index in [9.17, 15) is 13.2 Å². The van der Waals surface area contributed by atoms with Crippen LogP contribution in [-0.4, -0.2) is 31.6 Å². The second-order valence-electron chi connectivity index (χ2n) is 5.30. The van der Waals surface area contributed by atoms with Crippen LogP contribution in [0.1, 0.15) is 36.2 Å². The lowest BCUT2D eigenvalue weighted by Crippen LogP contribution is -2.43. The van der Waals surface area contributed by atoms with Gasteiger partial charge in [0, 0.05) is 17.7 Å². The van der Waals surface area contributed by atoms with E-state index in [1.165, 1.54) is 18.2 Å². The molecule has 1 aromatic rings. The number of rotatable bonds is 6. The van der Waals surface area contributed by atoms with Crippen LogP contribution < -0.4 is 10.5 Å². The number of aliphatic hydroxyl groups excluding tert-OH is 1. The van der Waals surface area contributed by atoms with Crippen molar-refractivity contribution in [3.8, 4) is 0 Å². The van der Waals surface area contributed by atoms with Crippen LogP contribution in [-0.2, 0) is 10.0 Å². The summed E-state index contributed by atoms with van der Waals surface area (Å²) in [5.74, 6) is -0.672. The molecule has 0 heterocycles. The first-order valence-electron chi connectivity index (χ1n) is 6.14. The molecule has 20 heavy (non-hydrogen) atoms. The number of primary amides is 1. The third-order valence-corrected chi connectivity index (χ3v) is 4.63. The van der Waals surface area contributed by atoms with Crippen molar-refractivity contribution in [3.63, 3.8) is 0 Å². The van der Waals surface area contributed by atoms with Crippen LogP contribution in [0.4, 0.5) is 0 Å². The molecule has 112 valence electrons. The van der Waals surface area contributed by atoms with Crippen LogP contribution in [0.15, 0.2) is 23.1 Å². The van der Waals surface area contributed by atoms with E-state index >= 15 is 0 Å². The molecular formula is C13H20N2O4S. The standard InChI is InChI=1S/C13H20N2O4S/c1-9-4-5-10(8-11(9)12(14)17)20(18,19)15-13(2,3)6-7-16/h4-5,8,15-16H,6-7H2,1-3H3,(H2,14,17). The number of hydrogen-bond donors (Lipinski definition) is 3. The van der Waals surface area contributed by atoms with E-state index < -0.39 is 21.5 Å². The van der Waals surface area contributed by atoms with Gasteiger partial charge in [0.1, 0.15) is 0 Å². The van der Waals surface area contributed by atoms with Crippen LogP contribution in [0.5, 0.6) is 0 Å². The monoisotopic (exact) mass is 300 g/mol. The highest BCUT2D eigenvalue weighted by atomic mass is 32.2. The van der Waals surface area contributed by atoms with Crippen LogP contribution in [0.25, 0.3) is 0 Å². The summed E-state index contributed by atoms with van der Waals surface area (Å²) < 4.78 is 27.0. The summed E-state index contributed by atoms with van der Waals surface area (Å²) in [6.45, 7) is 4.89. The highest BCUT2D eigenvalue weighted by Crippen LogP contribution is 2.18. The highest BCUT2D eigenvalue weighted by molar-refractivity contribution is 7.89. The molecule has 1 rings (SSSR count). The molecule has 0 fully saturated rings. The number of carbonyl (C=O) groups is 1. The highest BCUT2D eigenvalue weighted by Gasteiger charge is 2.26. The summed E-state index contributed by atoms with van der Waals surface area (Å²) >= 11 is 0. The summed E-state index contributed by atoms with van der Waals surface area (Å²) in [7, 11) is -3.78. The maximum Gasteiger partial charge on any atom is 0.249 e. The van der Waals surface area contributed by atoms with Gasteiger partial charge < -0.3 is 10.8 Å². The predicted octanol–water partition coefficient (Wildman–Crippen LogP) is 0.533. The molecule has 1 aromatic carbocycles.